The van der Waals surface area contributed by atoms with E-state index in [0.29, 0.717) is 25.9 Å². The van der Waals surface area contributed by atoms with E-state index in [1.165, 1.54) is 0 Å². The molecule has 1 atom stereocenters. The molecule has 1 fully saturated rings. The highest BCUT2D eigenvalue weighted by Crippen LogP contribution is 2.10. The van der Waals surface area contributed by atoms with Crippen LogP contribution in [0.25, 0.3) is 0 Å². The van der Waals surface area contributed by atoms with E-state index in [9.17, 15) is 0 Å². The normalized spacial score (nSPS) is 21.9. The van der Waals surface area contributed by atoms with Crippen LogP contribution in [0.3, 0.4) is 0 Å². The molecule has 0 saturated carbocycles. The Morgan fingerprint density at radius 1 is 1.38 bits per heavy atom. The first-order chi connectivity index (χ1) is 6.14. The van der Waals surface area contributed by atoms with Crippen molar-refractivity contribution in [1.29, 1.82) is 0 Å². The van der Waals surface area contributed by atoms with Crippen LogP contribution in [-0.2, 0) is 18.9 Å². The lowest BCUT2D eigenvalue weighted by atomic mass is 10.4. The van der Waals surface area contributed by atoms with Crippen molar-refractivity contribution < 1.29 is 18.9 Å². The van der Waals surface area contributed by atoms with E-state index in [1.54, 1.807) is 7.11 Å². The van der Waals surface area contributed by atoms with Gasteiger partial charge in [0.05, 0.1) is 26.4 Å². The predicted molar refractivity (Wildman–Crippen MR) is 47.6 cm³/mol. The topological polar surface area (TPSA) is 40.2 Å². The van der Waals surface area contributed by atoms with Gasteiger partial charge in [-0.3, -0.25) is 0 Å². The fourth-order valence-corrected chi connectivity index (χ4v) is 0.784. The molecule has 13 heavy (non-hydrogen) atoms. The Bertz CT molecular complexity index is 143. The Hall–Kier alpha value is -0.160. The maximum absolute atomic E-state index is 5.39. The quantitative estimate of drug-likeness (QED) is 0.338. The largest absolute Gasteiger partial charge is 0.376 e. The fraction of sp³-hybridized carbons (Fsp3) is 1.00. The van der Waals surface area contributed by atoms with Crippen LogP contribution in [-0.4, -0.2) is 45.4 Å². The van der Waals surface area contributed by atoms with E-state index in [-0.39, 0.29) is 0 Å². The summed E-state index contributed by atoms with van der Waals surface area (Å²) in [7, 11) is 1.62. The first-order valence-corrected chi connectivity index (χ1v) is 4.52. The summed E-state index contributed by atoms with van der Waals surface area (Å²) in [6.45, 7) is 6.40. The van der Waals surface area contributed by atoms with E-state index in [0.717, 1.165) is 6.61 Å². The third-order valence-corrected chi connectivity index (χ3v) is 1.88. The second-order valence-electron chi connectivity index (χ2n) is 3.48. The summed E-state index contributed by atoms with van der Waals surface area (Å²) >= 11 is 0. The van der Waals surface area contributed by atoms with Crippen molar-refractivity contribution in [3.8, 4) is 0 Å². The molecule has 1 unspecified atom stereocenters. The Balaban J connectivity index is 1.87. The molecule has 1 rings (SSSR count). The van der Waals surface area contributed by atoms with Crippen molar-refractivity contribution in [2.75, 3.05) is 33.5 Å². The third-order valence-electron chi connectivity index (χ3n) is 1.88. The summed E-state index contributed by atoms with van der Waals surface area (Å²) in [6.07, 6.45) is 0.329. The second-order valence-corrected chi connectivity index (χ2v) is 3.48. The second kappa shape index (κ2) is 4.91. The van der Waals surface area contributed by atoms with Crippen molar-refractivity contribution in [3.63, 3.8) is 0 Å². The lowest BCUT2D eigenvalue weighted by molar-refractivity contribution is -0.203. The van der Waals surface area contributed by atoms with Crippen molar-refractivity contribution in [2.24, 2.45) is 0 Å². The van der Waals surface area contributed by atoms with E-state index in [2.05, 4.69) is 0 Å². The maximum Gasteiger partial charge on any atom is 0.162 e. The number of ether oxygens (including phenoxy) is 4. The van der Waals surface area contributed by atoms with Gasteiger partial charge in [-0.15, -0.1) is 0 Å². The standard InChI is InChI=1S/C9H18O4/c1-9(2,10-3)13-5-4-11-6-8-7-12-8/h8H,4-7H2,1-3H3. The average Bonchev–Trinajstić information content (AvgIpc) is 2.87. The van der Waals surface area contributed by atoms with Crippen LogP contribution in [0.4, 0.5) is 0 Å². The molecule has 0 spiro atoms. The Morgan fingerprint density at radius 3 is 2.62 bits per heavy atom. The van der Waals surface area contributed by atoms with Crippen LogP contribution in [0.15, 0.2) is 0 Å². The minimum atomic E-state index is -0.514. The monoisotopic (exact) mass is 190 g/mol. The van der Waals surface area contributed by atoms with Gasteiger partial charge in [-0.2, -0.15) is 0 Å². The Labute approximate surface area is 79.1 Å². The van der Waals surface area contributed by atoms with E-state index in [4.69, 9.17) is 18.9 Å². The summed E-state index contributed by atoms with van der Waals surface area (Å²) in [4.78, 5) is 0. The zero-order valence-electron chi connectivity index (χ0n) is 8.54. The van der Waals surface area contributed by atoms with Gasteiger partial charge < -0.3 is 18.9 Å². The van der Waals surface area contributed by atoms with Crippen molar-refractivity contribution in [2.45, 2.75) is 25.7 Å². The van der Waals surface area contributed by atoms with Gasteiger partial charge in [0.25, 0.3) is 0 Å². The van der Waals surface area contributed by atoms with E-state index >= 15 is 0 Å². The summed E-state index contributed by atoms with van der Waals surface area (Å²) in [6, 6.07) is 0. The Kier molecular flexibility index (Phi) is 4.12. The molecule has 0 aromatic carbocycles. The number of rotatable bonds is 7. The van der Waals surface area contributed by atoms with Crippen LogP contribution < -0.4 is 0 Å². The smallest absolute Gasteiger partial charge is 0.162 e. The van der Waals surface area contributed by atoms with Crippen LogP contribution in [0.5, 0.6) is 0 Å². The molecule has 1 saturated heterocycles. The predicted octanol–water partition coefficient (Wildman–Crippen LogP) is 0.801. The van der Waals surface area contributed by atoms with Gasteiger partial charge in [-0.1, -0.05) is 0 Å². The van der Waals surface area contributed by atoms with Gasteiger partial charge in [-0.05, 0) is 13.8 Å². The summed E-state index contributed by atoms with van der Waals surface area (Å²) < 4.78 is 20.7. The third kappa shape index (κ3) is 5.21. The highest BCUT2D eigenvalue weighted by Gasteiger charge is 2.22. The fourth-order valence-electron chi connectivity index (χ4n) is 0.784. The van der Waals surface area contributed by atoms with Gasteiger partial charge in [0.2, 0.25) is 0 Å². The molecular formula is C9H18O4. The first kappa shape index (κ1) is 10.9. The van der Waals surface area contributed by atoms with E-state index in [1.807, 2.05) is 13.8 Å². The molecule has 4 nitrogen and oxygen atoms in total. The maximum atomic E-state index is 5.39. The van der Waals surface area contributed by atoms with Gasteiger partial charge in [-0.25, -0.2) is 0 Å². The molecule has 0 amide bonds. The van der Waals surface area contributed by atoms with Crippen LogP contribution in [0.1, 0.15) is 13.8 Å². The molecule has 1 aliphatic rings. The highest BCUT2D eigenvalue weighted by atomic mass is 16.7. The minimum Gasteiger partial charge on any atom is -0.376 e. The van der Waals surface area contributed by atoms with Gasteiger partial charge in [0.1, 0.15) is 6.10 Å². The molecule has 0 aromatic heterocycles. The molecule has 1 heterocycles. The first-order valence-electron chi connectivity index (χ1n) is 4.52. The number of methoxy groups -OCH3 is 1. The van der Waals surface area contributed by atoms with E-state index < -0.39 is 5.79 Å². The SMILES string of the molecule is COC(C)(C)OCCOCC1CO1. The minimum absolute atomic E-state index is 0.329. The number of hydrogen-bond acceptors (Lipinski definition) is 4. The molecule has 0 radical (unpaired) electrons. The summed E-state index contributed by atoms with van der Waals surface area (Å²) in [5.41, 5.74) is 0. The number of epoxide rings is 1. The average molecular weight is 190 g/mol. The molecule has 0 N–H and O–H groups in total. The highest BCUT2D eigenvalue weighted by molar-refractivity contribution is 4.67. The molecule has 1 aliphatic heterocycles. The van der Waals surface area contributed by atoms with Gasteiger partial charge in [0.15, 0.2) is 5.79 Å². The molecule has 0 aliphatic carbocycles. The lowest BCUT2D eigenvalue weighted by Gasteiger charge is -2.23. The van der Waals surface area contributed by atoms with Crippen molar-refractivity contribution in [1.82, 2.24) is 0 Å². The summed E-state index contributed by atoms with van der Waals surface area (Å²) in [5, 5.41) is 0. The molecule has 0 bridgehead atoms. The van der Waals surface area contributed by atoms with Crippen LogP contribution in [0, 0.1) is 0 Å². The molecule has 0 aromatic rings. The van der Waals surface area contributed by atoms with Gasteiger partial charge >= 0.3 is 0 Å². The zero-order chi connectivity index (χ0) is 9.73. The molecular weight excluding hydrogens is 172 g/mol. The Morgan fingerprint density at radius 2 is 2.08 bits per heavy atom. The lowest BCUT2D eigenvalue weighted by Crippen LogP contribution is -2.28. The van der Waals surface area contributed by atoms with Crippen LogP contribution >= 0.6 is 0 Å². The van der Waals surface area contributed by atoms with Crippen molar-refractivity contribution >= 4 is 0 Å². The van der Waals surface area contributed by atoms with Crippen LogP contribution in [0.2, 0.25) is 0 Å². The molecule has 4 heteroatoms. The van der Waals surface area contributed by atoms with Crippen molar-refractivity contribution in [3.05, 3.63) is 0 Å². The van der Waals surface area contributed by atoms with Gasteiger partial charge in [0, 0.05) is 7.11 Å². The zero-order valence-corrected chi connectivity index (χ0v) is 8.54. The molecule has 78 valence electrons. The summed E-state index contributed by atoms with van der Waals surface area (Å²) in [5.74, 6) is -0.514. The number of hydrogen-bond donors (Lipinski definition) is 0.